The fourth-order valence-corrected chi connectivity index (χ4v) is 1.52. The molecular formula is C12H18N2O3. The average Bonchev–Trinajstić information content (AvgIpc) is 2.30. The number of pyridine rings is 1. The monoisotopic (exact) mass is 238 g/mol. The molecule has 1 aromatic heterocycles. The lowest BCUT2D eigenvalue weighted by atomic mass is 10.2. The van der Waals surface area contributed by atoms with Crippen molar-refractivity contribution in [3.05, 3.63) is 29.6 Å². The lowest BCUT2D eigenvalue weighted by Gasteiger charge is -2.21. The average molecular weight is 238 g/mol. The summed E-state index contributed by atoms with van der Waals surface area (Å²) in [5.74, 6) is -0.236. The van der Waals surface area contributed by atoms with Crippen LogP contribution in [0, 0.1) is 6.92 Å². The number of rotatable bonds is 5. The Morgan fingerprint density at radius 3 is 2.53 bits per heavy atom. The van der Waals surface area contributed by atoms with E-state index in [-0.39, 0.29) is 11.9 Å². The Hall–Kier alpha value is -1.46. The molecule has 0 aromatic carbocycles. The van der Waals surface area contributed by atoms with Crippen LogP contribution < -0.4 is 5.32 Å². The zero-order valence-electron chi connectivity index (χ0n) is 10.6. The van der Waals surface area contributed by atoms with Crippen molar-refractivity contribution in [1.29, 1.82) is 0 Å². The van der Waals surface area contributed by atoms with Crippen LogP contribution in [-0.2, 0) is 9.47 Å². The molecule has 0 aliphatic carbocycles. The van der Waals surface area contributed by atoms with Crippen LogP contribution in [0.25, 0.3) is 0 Å². The molecule has 0 radical (unpaired) electrons. The highest BCUT2D eigenvalue weighted by Gasteiger charge is 2.19. The largest absolute Gasteiger partial charge is 0.354 e. The first-order chi connectivity index (χ1) is 8.08. The van der Waals surface area contributed by atoms with Crippen molar-refractivity contribution in [2.75, 3.05) is 14.2 Å². The summed E-state index contributed by atoms with van der Waals surface area (Å²) >= 11 is 0. The molecule has 1 aromatic rings. The fraction of sp³-hybridized carbons (Fsp3) is 0.500. The van der Waals surface area contributed by atoms with E-state index in [1.807, 2.05) is 19.9 Å². The van der Waals surface area contributed by atoms with Gasteiger partial charge in [-0.3, -0.25) is 4.79 Å². The van der Waals surface area contributed by atoms with Gasteiger partial charge >= 0.3 is 0 Å². The van der Waals surface area contributed by atoms with Crippen molar-refractivity contribution in [1.82, 2.24) is 10.3 Å². The third kappa shape index (κ3) is 3.80. The van der Waals surface area contributed by atoms with Crippen molar-refractivity contribution < 1.29 is 14.3 Å². The number of nitrogens with one attached hydrogen (secondary N) is 1. The van der Waals surface area contributed by atoms with Gasteiger partial charge in [-0.15, -0.1) is 0 Å². The van der Waals surface area contributed by atoms with Crippen molar-refractivity contribution >= 4 is 5.91 Å². The van der Waals surface area contributed by atoms with Crippen LogP contribution in [-0.4, -0.2) is 37.4 Å². The molecule has 0 saturated carbocycles. The Morgan fingerprint density at radius 1 is 1.35 bits per heavy atom. The summed E-state index contributed by atoms with van der Waals surface area (Å²) in [6.07, 6.45) is -0.469. The van der Waals surface area contributed by atoms with Crippen molar-refractivity contribution in [3.8, 4) is 0 Å². The highest BCUT2D eigenvalue weighted by Crippen LogP contribution is 2.02. The summed E-state index contributed by atoms with van der Waals surface area (Å²) in [6, 6.07) is 5.06. The number of aromatic nitrogens is 1. The standard InChI is InChI=1S/C12H18N2O3/c1-8-6-5-7-10(13-8)11(15)14-9(2)12(16-3)17-4/h5-7,9,12H,1-4H3,(H,14,15). The Morgan fingerprint density at radius 2 is 2.00 bits per heavy atom. The van der Waals surface area contributed by atoms with Gasteiger partial charge in [0.05, 0.1) is 6.04 Å². The maximum absolute atomic E-state index is 11.9. The van der Waals surface area contributed by atoms with E-state index < -0.39 is 6.29 Å². The first kappa shape index (κ1) is 13.6. The summed E-state index contributed by atoms with van der Waals surface area (Å²) in [4.78, 5) is 16.0. The van der Waals surface area contributed by atoms with Gasteiger partial charge in [0.25, 0.3) is 5.91 Å². The third-order valence-corrected chi connectivity index (χ3v) is 2.35. The number of amides is 1. The van der Waals surface area contributed by atoms with Gasteiger partial charge in [0.15, 0.2) is 6.29 Å². The van der Waals surface area contributed by atoms with Crippen LogP contribution in [0.2, 0.25) is 0 Å². The molecule has 5 heteroatoms. The van der Waals surface area contributed by atoms with Crippen molar-refractivity contribution in [3.63, 3.8) is 0 Å². The predicted molar refractivity (Wildman–Crippen MR) is 63.7 cm³/mol. The zero-order valence-corrected chi connectivity index (χ0v) is 10.6. The van der Waals surface area contributed by atoms with Gasteiger partial charge in [0, 0.05) is 19.9 Å². The topological polar surface area (TPSA) is 60.5 Å². The summed E-state index contributed by atoms with van der Waals surface area (Å²) in [5.41, 5.74) is 1.20. The highest BCUT2D eigenvalue weighted by molar-refractivity contribution is 5.92. The number of aryl methyl sites for hydroxylation is 1. The smallest absolute Gasteiger partial charge is 0.270 e. The Balaban J connectivity index is 2.66. The predicted octanol–water partition coefficient (Wildman–Crippen LogP) is 1.13. The second-order valence-corrected chi connectivity index (χ2v) is 3.77. The summed E-state index contributed by atoms with van der Waals surface area (Å²) in [7, 11) is 3.06. The van der Waals surface area contributed by atoms with Crippen LogP contribution >= 0.6 is 0 Å². The molecule has 1 heterocycles. The number of nitrogens with zero attached hydrogens (tertiary/aromatic N) is 1. The van der Waals surface area contributed by atoms with E-state index in [9.17, 15) is 4.79 Å². The van der Waals surface area contributed by atoms with Crippen molar-refractivity contribution in [2.24, 2.45) is 0 Å². The second kappa shape index (κ2) is 6.32. The minimum atomic E-state index is -0.469. The molecule has 0 bridgehead atoms. The van der Waals surface area contributed by atoms with Gasteiger partial charge in [-0.2, -0.15) is 0 Å². The molecule has 1 unspecified atom stereocenters. The number of carbonyl (C=O) groups is 1. The minimum Gasteiger partial charge on any atom is -0.354 e. The quantitative estimate of drug-likeness (QED) is 0.781. The molecule has 17 heavy (non-hydrogen) atoms. The van der Waals surface area contributed by atoms with Crippen LogP contribution in [0.5, 0.6) is 0 Å². The molecule has 0 aliphatic rings. The molecular weight excluding hydrogens is 220 g/mol. The zero-order chi connectivity index (χ0) is 12.8. The maximum atomic E-state index is 11.9. The van der Waals surface area contributed by atoms with Gasteiger partial charge in [-0.05, 0) is 26.0 Å². The van der Waals surface area contributed by atoms with E-state index in [4.69, 9.17) is 9.47 Å². The van der Waals surface area contributed by atoms with E-state index in [0.29, 0.717) is 5.69 Å². The Bertz CT molecular complexity index is 378. The van der Waals surface area contributed by atoms with Gasteiger partial charge in [-0.25, -0.2) is 4.98 Å². The molecule has 1 rings (SSSR count). The molecule has 0 saturated heterocycles. The number of carbonyl (C=O) groups excluding carboxylic acids is 1. The van der Waals surface area contributed by atoms with Gasteiger partial charge in [0.1, 0.15) is 5.69 Å². The number of methoxy groups -OCH3 is 2. The second-order valence-electron chi connectivity index (χ2n) is 3.77. The molecule has 0 spiro atoms. The summed E-state index contributed by atoms with van der Waals surface area (Å²) in [6.45, 7) is 3.65. The first-order valence-corrected chi connectivity index (χ1v) is 5.38. The molecule has 1 N–H and O–H groups in total. The van der Waals surface area contributed by atoms with Gasteiger partial charge in [-0.1, -0.05) is 6.07 Å². The highest BCUT2D eigenvalue weighted by atomic mass is 16.7. The van der Waals surface area contributed by atoms with Crippen LogP contribution in [0.1, 0.15) is 23.1 Å². The molecule has 0 aliphatic heterocycles. The summed E-state index contributed by atoms with van der Waals surface area (Å²) < 4.78 is 10.1. The van der Waals surface area contributed by atoms with E-state index >= 15 is 0 Å². The Labute approximate surface area is 101 Å². The molecule has 0 fully saturated rings. The molecule has 1 atom stereocenters. The molecule has 94 valence electrons. The van der Waals surface area contributed by atoms with E-state index in [1.54, 1.807) is 12.1 Å². The first-order valence-electron chi connectivity index (χ1n) is 5.38. The lowest BCUT2D eigenvalue weighted by Crippen LogP contribution is -2.43. The van der Waals surface area contributed by atoms with Gasteiger partial charge in [0.2, 0.25) is 0 Å². The van der Waals surface area contributed by atoms with Crippen molar-refractivity contribution in [2.45, 2.75) is 26.2 Å². The molecule has 1 amide bonds. The van der Waals surface area contributed by atoms with E-state index in [2.05, 4.69) is 10.3 Å². The Kier molecular flexibility index (Phi) is 5.06. The SMILES string of the molecule is COC(OC)C(C)NC(=O)c1cccc(C)n1. The number of ether oxygens (including phenoxy) is 2. The van der Waals surface area contributed by atoms with E-state index in [1.165, 1.54) is 14.2 Å². The number of hydrogen-bond acceptors (Lipinski definition) is 4. The molecule has 5 nitrogen and oxygen atoms in total. The van der Waals surface area contributed by atoms with E-state index in [0.717, 1.165) is 5.69 Å². The summed E-state index contributed by atoms with van der Waals surface area (Å²) in [5, 5.41) is 2.77. The maximum Gasteiger partial charge on any atom is 0.270 e. The minimum absolute atomic E-state index is 0.236. The lowest BCUT2D eigenvalue weighted by molar-refractivity contribution is -0.117. The fourth-order valence-electron chi connectivity index (χ4n) is 1.52. The van der Waals surface area contributed by atoms with Gasteiger partial charge < -0.3 is 14.8 Å². The van der Waals surface area contributed by atoms with Crippen LogP contribution in [0.4, 0.5) is 0 Å². The third-order valence-electron chi connectivity index (χ3n) is 2.35. The van der Waals surface area contributed by atoms with Crippen LogP contribution in [0.3, 0.4) is 0 Å². The normalized spacial score (nSPS) is 12.5. The van der Waals surface area contributed by atoms with Crippen LogP contribution in [0.15, 0.2) is 18.2 Å². The number of hydrogen-bond donors (Lipinski definition) is 1.